The van der Waals surface area contributed by atoms with Gasteiger partial charge in [-0.2, -0.15) is 0 Å². The van der Waals surface area contributed by atoms with Crippen LogP contribution < -0.4 is 5.32 Å². The highest BCUT2D eigenvalue weighted by molar-refractivity contribution is 5.94. The Hall–Kier alpha value is -1.66. The molecule has 2 heterocycles. The van der Waals surface area contributed by atoms with E-state index in [0.717, 1.165) is 45.4 Å². The van der Waals surface area contributed by atoms with Crippen molar-refractivity contribution in [2.45, 2.75) is 19.3 Å². The molecular weight excluding hydrogens is 306 g/mol. The van der Waals surface area contributed by atoms with Crippen LogP contribution in [0.1, 0.15) is 29.6 Å². The van der Waals surface area contributed by atoms with Crippen molar-refractivity contribution >= 4 is 24.0 Å². The second kappa shape index (κ2) is 6.62. The molecule has 0 atom stereocenters. The van der Waals surface area contributed by atoms with E-state index < -0.39 is 4.92 Å². The van der Waals surface area contributed by atoms with E-state index in [9.17, 15) is 14.9 Å². The number of nitrogens with one attached hydrogen (secondary N) is 1. The van der Waals surface area contributed by atoms with Gasteiger partial charge < -0.3 is 10.2 Å². The summed E-state index contributed by atoms with van der Waals surface area (Å²) in [6.07, 6.45) is 3.31. The number of benzene rings is 1. The van der Waals surface area contributed by atoms with E-state index in [4.69, 9.17) is 0 Å². The van der Waals surface area contributed by atoms with Crippen LogP contribution in [-0.2, 0) is 0 Å². The van der Waals surface area contributed by atoms with Gasteiger partial charge in [-0.3, -0.25) is 14.9 Å². The molecule has 1 N–H and O–H groups in total. The van der Waals surface area contributed by atoms with E-state index in [0.29, 0.717) is 5.56 Å². The Kier molecular flexibility index (Phi) is 5.03. The summed E-state index contributed by atoms with van der Waals surface area (Å²) in [4.78, 5) is 24.6. The summed E-state index contributed by atoms with van der Waals surface area (Å²) in [5, 5.41) is 14.0. The van der Waals surface area contributed by atoms with E-state index in [1.54, 1.807) is 12.1 Å². The Morgan fingerprint density at radius 2 is 1.82 bits per heavy atom. The van der Waals surface area contributed by atoms with E-state index in [-0.39, 0.29) is 29.4 Å². The van der Waals surface area contributed by atoms with Gasteiger partial charge in [0.1, 0.15) is 0 Å². The van der Waals surface area contributed by atoms with E-state index in [2.05, 4.69) is 5.32 Å². The molecule has 2 fully saturated rings. The van der Waals surface area contributed by atoms with Crippen molar-refractivity contribution in [1.29, 1.82) is 0 Å². The largest absolute Gasteiger partial charge is 0.338 e. The van der Waals surface area contributed by atoms with Crippen LogP contribution in [-0.4, -0.2) is 41.9 Å². The molecule has 1 spiro atoms. The van der Waals surface area contributed by atoms with Crippen LogP contribution in [0.5, 0.6) is 0 Å². The number of non-ortho nitro benzene ring substituents is 1. The average Bonchev–Trinajstić information content (AvgIpc) is 2.91. The van der Waals surface area contributed by atoms with Crippen molar-refractivity contribution in [3.05, 3.63) is 39.9 Å². The van der Waals surface area contributed by atoms with Gasteiger partial charge in [0, 0.05) is 30.8 Å². The highest BCUT2D eigenvalue weighted by atomic mass is 35.5. The van der Waals surface area contributed by atoms with Gasteiger partial charge in [-0.15, -0.1) is 12.4 Å². The van der Waals surface area contributed by atoms with Gasteiger partial charge in [0.05, 0.1) is 4.92 Å². The maximum absolute atomic E-state index is 12.5. The van der Waals surface area contributed by atoms with Crippen LogP contribution >= 0.6 is 12.4 Å². The van der Waals surface area contributed by atoms with Gasteiger partial charge in [0.25, 0.3) is 11.6 Å². The van der Waals surface area contributed by atoms with Crippen LogP contribution in [0.15, 0.2) is 24.3 Å². The molecule has 3 rings (SSSR count). The number of likely N-dealkylation sites (tertiary alicyclic amines) is 1. The first-order valence-corrected chi connectivity index (χ1v) is 7.34. The zero-order valence-electron chi connectivity index (χ0n) is 12.3. The van der Waals surface area contributed by atoms with Gasteiger partial charge in [0.15, 0.2) is 0 Å². The molecule has 120 valence electrons. The number of nitro groups is 1. The van der Waals surface area contributed by atoms with Crippen molar-refractivity contribution in [2.75, 3.05) is 26.2 Å². The second-order valence-electron chi connectivity index (χ2n) is 6.03. The topological polar surface area (TPSA) is 75.5 Å². The Morgan fingerprint density at radius 3 is 2.41 bits per heavy atom. The Labute approximate surface area is 135 Å². The average molecular weight is 326 g/mol. The number of piperidine rings is 1. The number of hydrogen-bond acceptors (Lipinski definition) is 4. The number of nitro benzene ring substituents is 1. The normalized spacial score (nSPS) is 19.7. The Balaban J connectivity index is 0.00000176. The molecule has 0 aliphatic carbocycles. The third kappa shape index (κ3) is 3.23. The second-order valence-corrected chi connectivity index (χ2v) is 6.03. The molecule has 1 aromatic rings. The summed E-state index contributed by atoms with van der Waals surface area (Å²) >= 11 is 0. The van der Waals surface area contributed by atoms with Crippen molar-refractivity contribution in [2.24, 2.45) is 5.41 Å². The molecular formula is C15H20ClN3O3. The van der Waals surface area contributed by atoms with E-state index in [1.165, 1.54) is 12.1 Å². The summed E-state index contributed by atoms with van der Waals surface area (Å²) < 4.78 is 0. The molecule has 22 heavy (non-hydrogen) atoms. The van der Waals surface area contributed by atoms with Crippen molar-refractivity contribution in [3.63, 3.8) is 0 Å². The zero-order valence-corrected chi connectivity index (χ0v) is 13.1. The van der Waals surface area contributed by atoms with Crippen LogP contribution in [0, 0.1) is 15.5 Å². The minimum atomic E-state index is -0.450. The van der Waals surface area contributed by atoms with Crippen molar-refractivity contribution in [3.8, 4) is 0 Å². The van der Waals surface area contributed by atoms with Gasteiger partial charge in [-0.05, 0) is 49.9 Å². The third-order valence-electron chi connectivity index (χ3n) is 4.71. The molecule has 0 aromatic heterocycles. The molecule has 0 radical (unpaired) electrons. The quantitative estimate of drug-likeness (QED) is 0.668. The minimum absolute atomic E-state index is 0. The minimum Gasteiger partial charge on any atom is -0.338 e. The summed E-state index contributed by atoms with van der Waals surface area (Å²) in [6.45, 7) is 3.65. The lowest BCUT2D eigenvalue weighted by Gasteiger charge is -2.33. The number of amides is 1. The Morgan fingerprint density at radius 1 is 1.18 bits per heavy atom. The lowest BCUT2D eigenvalue weighted by atomic mass is 9.78. The summed E-state index contributed by atoms with van der Waals surface area (Å²) in [5.74, 6) is -0.0136. The fourth-order valence-corrected chi connectivity index (χ4v) is 3.38. The van der Waals surface area contributed by atoms with Crippen LogP contribution in [0.3, 0.4) is 0 Å². The SMILES string of the molecule is Cl.O=C(c1ccc([N+](=O)[O-])cc1)N1CCC2(CCNCC2)C1. The first-order chi connectivity index (χ1) is 10.1. The van der Waals surface area contributed by atoms with Crippen LogP contribution in [0.2, 0.25) is 0 Å². The molecule has 0 bridgehead atoms. The number of carbonyl (C=O) groups is 1. The first kappa shape index (κ1) is 16.7. The van der Waals surface area contributed by atoms with Gasteiger partial charge in [-0.1, -0.05) is 0 Å². The molecule has 0 saturated carbocycles. The summed E-state index contributed by atoms with van der Waals surface area (Å²) in [5.41, 5.74) is 0.830. The third-order valence-corrected chi connectivity index (χ3v) is 4.71. The molecule has 2 aliphatic rings. The van der Waals surface area contributed by atoms with Gasteiger partial charge >= 0.3 is 0 Å². The number of hydrogen-bond donors (Lipinski definition) is 1. The smallest absolute Gasteiger partial charge is 0.269 e. The standard InChI is InChI=1S/C15H19N3O3.ClH/c19-14(12-1-3-13(4-2-12)18(20)21)17-10-7-15(11-17)5-8-16-9-6-15;/h1-4,16H,5-11H2;1H. The summed E-state index contributed by atoms with van der Waals surface area (Å²) in [6, 6.07) is 5.88. The fourth-order valence-electron chi connectivity index (χ4n) is 3.38. The molecule has 2 saturated heterocycles. The number of rotatable bonds is 2. The monoisotopic (exact) mass is 325 g/mol. The number of nitrogens with zero attached hydrogens (tertiary/aromatic N) is 2. The summed E-state index contributed by atoms with van der Waals surface area (Å²) in [7, 11) is 0. The fraction of sp³-hybridized carbons (Fsp3) is 0.533. The number of halogens is 1. The first-order valence-electron chi connectivity index (χ1n) is 7.34. The van der Waals surface area contributed by atoms with Crippen molar-refractivity contribution < 1.29 is 9.72 Å². The predicted octanol–water partition coefficient (Wildman–Crippen LogP) is 2.23. The van der Waals surface area contributed by atoms with Crippen LogP contribution in [0.25, 0.3) is 0 Å². The molecule has 1 aromatic carbocycles. The van der Waals surface area contributed by atoms with Gasteiger partial charge in [-0.25, -0.2) is 0 Å². The predicted molar refractivity (Wildman–Crippen MR) is 85.4 cm³/mol. The lowest BCUT2D eigenvalue weighted by Crippen LogP contribution is -2.39. The highest BCUT2D eigenvalue weighted by Gasteiger charge is 2.40. The molecule has 6 nitrogen and oxygen atoms in total. The van der Waals surface area contributed by atoms with Crippen LogP contribution in [0.4, 0.5) is 5.69 Å². The molecule has 2 aliphatic heterocycles. The zero-order chi connectivity index (χ0) is 14.9. The highest BCUT2D eigenvalue weighted by Crippen LogP contribution is 2.39. The molecule has 0 unspecified atom stereocenters. The maximum Gasteiger partial charge on any atom is 0.269 e. The Bertz CT molecular complexity index is 556. The number of carbonyl (C=O) groups excluding carboxylic acids is 1. The lowest BCUT2D eigenvalue weighted by molar-refractivity contribution is -0.384. The molecule has 7 heteroatoms. The van der Waals surface area contributed by atoms with E-state index >= 15 is 0 Å². The van der Waals surface area contributed by atoms with Crippen molar-refractivity contribution in [1.82, 2.24) is 10.2 Å². The van der Waals surface area contributed by atoms with Gasteiger partial charge in [0.2, 0.25) is 0 Å². The van der Waals surface area contributed by atoms with E-state index in [1.807, 2.05) is 4.90 Å². The molecule has 1 amide bonds. The maximum atomic E-state index is 12.5.